The highest BCUT2D eigenvalue weighted by Gasteiger charge is 2.48. The quantitative estimate of drug-likeness (QED) is 0.298. The lowest BCUT2D eigenvalue weighted by atomic mass is 9.98. The van der Waals surface area contributed by atoms with Crippen molar-refractivity contribution >= 4 is 0 Å². The molecule has 154 valence electrons. The molecule has 0 radical (unpaired) electrons. The summed E-state index contributed by atoms with van der Waals surface area (Å²) >= 11 is 0. The molecule has 2 saturated heterocycles. The van der Waals surface area contributed by atoms with Crippen LogP contribution in [0.15, 0.2) is 0 Å². The minimum absolute atomic E-state index is 0.236. The number of hydrogen-bond donors (Lipinski definition) is 5. The van der Waals surface area contributed by atoms with Crippen LogP contribution in [0.5, 0.6) is 0 Å². The van der Waals surface area contributed by atoms with Crippen molar-refractivity contribution < 1.29 is 54.0 Å². The molecule has 0 aliphatic carbocycles. The van der Waals surface area contributed by atoms with Crippen LogP contribution in [-0.2, 0) is 28.4 Å². The second kappa shape index (κ2) is 9.66. The Hall–Kier alpha value is -0.440. The molecule has 2 heterocycles. The smallest absolute Gasteiger partial charge is 0.187 e. The fourth-order valence-corrected chi connectivity index (χ4v) is 3.11. The van der Waals surface area contributed by atoms with Crippen molar-refractivity contribution in [2.75, 3.05) is 34.5 Å². The maximum atomic E-state index is 10.2. The lowest BCUT2D eigenvalue weighted by Gasteiger charge is -2.43. The molecule has 5 N–H and O–H groups in total. The van der Waals surface area contributed by atoms with Crippen molar-refractivity contribution in [2.45, 2.75) is 61.4 Å². The molecule has 0 aromatic heterocycles. The Morgan fingerprint density at radius 3 is 1.69 bits per heavy atom. The first kappa shape index (κ1) is 21.9. The van der Waals surface area contributed by atoms with Gasteiger partial charge in [-0.3, -0.25) is 0 Å². The molecule has 2 aliphatic heterocycles. The van der Waals surface area contributed by atoms with Crippen molar-refractivity contribution in [3.8, 4) is 0 Å². The Morgan fingerprint density at radius 2 is 1.19 bits per heavy atom. The second-order valence-corrected chi connectivity index (χ2v) is 6.20. The predicted octanol–water partition coefficient (Wildman–Crippen LogP) is -3.43. The number of hydrogen-bond acceptors (Lipinski definition) is 11. The Labute approximate surface area is 150 Å². The third-order valence-corrected chi connectivity index (χ3v) is 4.67. The van der Waals surface area contributed by atoms with Crippen LogP contribution in [-0.4, -0.2) is 121 Å². The van der Waals surface area contributed by atoms with Crippen molar-refractivity contribution in [2.24, 2.45) is 0 Å². The van der Waals surface area contributed by atoms with Crippen LogP contribution in [0.2, 0.25) is 0 Å². The van der Waals surface area contributed by atoms with Gasteiger partial charge in [0.15, 0.2) is 12.6 Å². The standard InChI is InChI=1S/C15H28O11/c1-21-12-11(20)9(18)7(26-14(12)23-3)5-24-15-13(22-2)10(19)8(17)6(4-16)25-15/h6-20H,4-5H2,1-3H3/t6-,7-,8-,9-,10+,11+,12-,13-,14+,15+/m1/s1. The monoisotopic (exact) mass is 384 g/mol. The van der Waals surface area contributed by atoms with Gasteiger partial charge in [0.25, 0.3) is 0 Å². The van der Waals surface area contributed by atoms with Crippen LogP contribution in [0.1, 0.15) is 0 Å². The fraction of sp³-hybridized carbons (Fsp3) is 1.00. The number of ether oxygens (including phenoxy) is 6. The van der Waals surface area contributed by atoms with E-state index in [0.717, 1.165) is 0 Å². The first-order chi connectivity index (χ1) is 12.4. The second-order valence-electron chi connectivity index (χ2n) is 6.20. The Bertz CT molecular complexity index is 422. The third-order valence-electron chi connectivity index (χ3n) is 4.67. The van der Waals surface area contributed by atoms with Crippen LogP contribution < -0.4 is 0 Å². The summed E-state index contributed by atoms with van der Waals surface area (Å²) in [6, 6.07) is 0. The van der Waals surface area contributed by atoms with E-state index in [0.29, 0.717) is 0 Å². The van der Waals surface area contributed by atoms with Crippen LogP contribution in [0.25, 0.3) is 0 Å². The maximum Gasteiger partial charge on any atom is 0.187 e. The highest BCUT2D eigenvalue weighted by molar-refractivity contribution is 4.92. The van der Waals surface area contributed by atoms with Crippen LogP contribution in [0.3, 0.4) is 0 Å². The molecular weight excluding hydrogens is 356 g/mol. The molecule has 0 amide bonds. The van der Waals surface area contributed by atoms with Crippen LogP contribution in [0, 0.1) is 0 Å². The van der Waals surface area contributed by atoms with Gasteiger partial charge in [-0.05, 0) is 0 Å². The summed E-state index contributed by atoms with van der Waals surface area (Å²) in [4.78, 5) is 0. The van der Waals surface area contributed by atoms with E-state index in [-0.39, 0.29) is 6.61 Å². The van der Waals surface area contributed by atoms with Gasteiger partial charge in [0.2, 0.25) is 0 Å². The molecule has 11 heteroatoms. The van der Waals surface area contributed by atoms with Crippen LogP contribution >= 0.6 is 0 Å². The topological polar surface area (TPSA) is 157 Å². The predicted molar refractivity (Wildman–Crippen MR) is 83.0 cm³/mol. The van der Waals surface area contributed by atoms with E-state index in [4.69, 9.17) is 28.4 Å². The number of methoxy groups -OCH3 is 3. The van der Waals surface area contributed by atoms with E-state index in [1.54, 1.807) is 0 Å². The molecule has 2 aliphatic rings. The highest BCUT2D eigenvalue weighted by Crippen LogP contribution is 2.27. The van der Waals surface area contributed by atoms with Crippen molar-refractivity contribution in [3.05, 3.63) is 0 Å². The minimum Gasteiger partial charge on any atom is -0.394 e. The summed E-state index contributed by atoms with van der Waals surface area (Å²) < 4.78 is 31.8. The number of aliphatic hydroxyl groups is 5. The average Bonchev–Trinajstić information content (AvgIpc) is 2.65. The van der Waals surface area contributed by atoms with E-state index in [1.165, 1.54) is 21.3 Å². The molecule has 0 unspecified atom stereocenters. The summed E-state index contributed by atoms with van der Waals surface area (Å²) in [6.07, 6.45) is -11.3. The zero-order valence-corrected chi connectivity index (χ0v) is 14.9. The molecule has 0 bridgehead atoms. The number of rotatable bonds is 7. The van der Waals surface area contributed by atoms with Gasteiger partial charge in [-0.15, -0.1) is 0 Å². The van der Waals surface area contributed by atoms with E-state index in [9.17, 15) is 25.5 Å². The Morgan fingerprint density at radius 1 is 0.692 bits per heavy atom. The van der Waals surface area contributed by atoms with E-state index < -0.39 is 68.0 Å². The summed E-state index contributed by atoms with van der Waals surface area (Å²) in [5.74, 6) is 0. The van der Waals surface area contributed by atoms with Gasteiger partial charge < -0.3 is 54.0 Å². The summed E-state index contributed by atoms with van der Waals surface area (Å²) in [5, 5.41) is 49.6. The molecule has 10 atom stereocenters. The normalized spacial score (nSPS) is 47.1. The minimum atomic E-state index is -1.34. The van der Waals surface area contributed by atoms with Gasteiger partial charge in [-0.25, -0.2) is 0 Å². The van der Waals surface area contributed by atoms with E-state index in [2.05, 4.69) is 0 Å². The molecule has 26 heavy (non-hydrogen) atoms. The Balaban J connectivity index is 2.01. The van der Waals surface area contributed by atoms with Crippen LogP contribution in [0.4, 0.5) is 0 Å². The van der Waals surface area contributed by atoms with Crippen molar-refractivity contribution in [1.29, 1.82) is 0 Å². The molecule has 0 saturated carbocycles. The average molecular weight is 384 g/mol. The highest BCUT2D eigenvalue weighted by atomic mass is 16.7. The van der Waals surface area contributed by atoms with Gasteiger partial charge in [0.05, 0.1) is 13.2 Å². The Kier molecular flexibility index (Phi) is 8.12. The van der Waals surface area contributed by atoms with Gasteiger partial charge >= 0.3 is 0 Å². The van der Waals surface area contributed by atoms with E-state index >= 15 is 0 Å². The first-order valence-corrected chi connectivity index (χ1v) is 8.23. The molecule has 0 spiro atoms. The summed E-state index contributed by atoms with van der Waals surface area (Å²) in [7, 11) is 4.03. The molecule has 0 aromatic rings. The third kappa shape index (κ3) is 4.34. The summed E-state index contributed by atoms with van der Waals surface area (Å²) in [6.45, 7) is -0.767. The SMILES string of the molecule is CO[C@H]1O[C@H](CO[C@H]2O[C@H](CO)[C@@H](O)[C@H](O)[C@H]2OC)[C@@H](O)[C@H](O)[C@H]1OC. The summed E-state index contributed by atoms with van der Waals surface area (Å²) in [5.41, 5.74) is 0. The van der Waals surface area contributed by atoms with Gasteiger partial charge in [-0.2, -0.15) is 0 Å². The zero-order valence-electron chi connectivity index (χ0n) is 14.9. The van der Waals surface area contributed by atoms with E-state index in [1.807, 2.05) is 0 Å². The zero-order chi connectivity index (χ0) is 19.4. The molecule has 11 nitrogen and oxygen atoms in total. The molecule has 2 rings (SSSR count). The van der Waals surface area contributed by atoms with Gasteiger partial charge in [0, 0.05) is 21.3 Å². The van der Waals surface area contributed by atoms with Crippen molar-refractivity contribution in [1.82, 2.24) is 0 Å². The molecule has 0 aromatic carbocycles. The van der Waals surface area contributed by atoms with Gasteiger partial charge in [0.1, 0.15) is 48.8 Å². The molecular formula is C15H28O11. The lowest BCUT2D eigenvalue weighted by molar-refractivity contribution is -0.332. The fourth-order valence-electron chi connectivity index (χ4n) is 3.11. The maximum absolute atomic E-state index is 10.2. The largest absolute Gasteiger partial charge is 0.394 e. The molecule has 2 fully saturated rings. The first-order valence-electron chi connectivity index (χ1n) is 8.23. The number of aliphatic hydroxyl groups excluding tert-OH is 5. The lowest BCUT2D eigenvalue weighted by Crippen LogP contribution is -2.62. The van der Waals surface area contributed by atoms with Gasteiger partial charge in [-0.1, -0.05) is 0 Å². The van der Waals surface area contributed by atoms with Crippen molar-refractivity contribution in [3.63, 3.8) is 0 Å².